The second-order valence-electron chi connectivity index (χ2n) is 4.89. The number of aromatic nitrogens is 4. The summed E-state index contributed by atoms with van der Waals surface area (Å²) in [5, 5.41) is 0. The second-order valence-corrected chi connectivity index (χ2v) is 5.97. The van der Waals surface area contributed by atoms with Crippen LogP contribution < -0.4 is 5.73 Å². The van der Waals surface area contributed by atoms with Crippen molar-refractivity contribution in [1.29, 1.82) is 0 Å². The number of para-hydroxylation sites is 1. The van der Waals surface area contributed by atoms with Gasteiger partial charge in [-0.15, -0.1) is 11.3 Å². The molecule has 0 bridgehead atoms. The van der Waals surface area contributed by atoms with Crippen molar-refractivity contribution < 1.29 is 4.79 Å². The molecule has 1 amide bonds. The number of thiophene rings is 1. The van der Waals surface area contributed by atoms with Crippen LogP contribution in [0.5, 0.6) is 0 Å². The lowest BCUT2D eigenvalue weighted by Gasteiger charge is -1.94. The van der Waals surface area contributed by atoms with Gasteiger partial charge in [-0.1, -0.05) is 6.07 Å². The number of amides is 1. The molecule has 0 aliphatic rings. The quantitative estimate of drug-likeness (QED) is 0.606. The minimum absolute atomic E-state index is 0.410. The van der Waals surface area contributed by atoms with E-state index in [0.29, 0.717) is 22.7 Å². The summed E-state index contributed by atoms with van der Waals surface area (Å²) in [5.74, 6) is 0.886. The zero-order valence-electron chi connectivity index (χ0n) is 11.9. The third-order valence-electron chi connectivity index (χ3n) is 3.40. The molecule has 3 N–H and O–H groups in total. The van der Waals surface area contributed by atoms with Gasteiger partial charge in [-0.3, -0.25) is 4.79 Å². The first-order chi connectivity index (χ1) is 11.2. The number of aromatic amines is 1. The molecule has 6 nitrogen and oxygen atoms in total. The Morgan fingerprint density at radius 3 is 2.61 bits per heavy atom. The van der Waals surface area contributed by atoms with Crippen LogP contribution in [-0.4, -0.2) is 25.8 Å². The van der Waals surface area contributed by atoms with Crippen molar-refractivity contribution in [3.8, 4) is 21.4 Å². The fraction of sp³-hybridized carbons (Fsp3) is 0. The van der Waals surface area contributed by atoms with Crippen molar-refractivity contribution in [2.24, 2.45) is 5.73 Å². The number of H-pyrrole nitrogens is 1. The first-order valence-electron chi connectivity index (χ1n) is 6.88. The summed E-state index contributed by atoms with van der Waals surface area (Å²) in [7, 11) is 0. The molecule has 0 spiro atoms. The lowest BCUT2D eigenvalue weighted by Crippen LogP contribution is -2.11. The van der Waals surface area contributed by atoms with Crippen molar-refractivity contribution in [1.82, 2.24) is 19.9 Å². The Morgan fingerprint density at radius 2 is 1.83 bits per heavy atom. The SMILES string of the molecule is NC(=O)c1cccc2[nH]c(-c3ccc(-c4ncccn4)s3)nc12. The summed E-state index contributed by atoms with van der Waals surface area (Å²) in [6.45, 7) is 0. The summed E-state index contributed by atoms with van der Waals surface area (Å²) in [5.41, 5.74) is 7.18. The number of carbonyl (C=O) groups is 1. The molecule has 0 unspecified atom stereocenters. The molecule has 112 valence electrons. The molecular weight excluding hydrogens is 310 g/mol. The fourth-order valence-electron chi connectivity index (χ4n) is 2.36. The summed E-state index contributed by atoms with van der Waals surface area (Å²) in [6.07, 6.45) is 3.42. The monoisotopic (exact) mass is 321 g/mol. The Hall–Kier alpha value is -3.06. The Bertz CT molecular complexity index is 1010. The van der Waals surface area contributed by atoms with Crippen LogP contribution in [0.2, 0.25) is 0 Å². The van der Waals surface area contributed by atoms with Gasteiger partial charge in [-0.05, 0) is 30.3 Å². The molecule has 3 heterocycles. The van der Waals surface area contributed by atoms with E-state index in [9.17, 15) is 4.79 Å². The number of fused-ring (bicyclic) bond motifs is 1. The van der Waals surface area contributed by atoms with Gasteiger partial charge >= 0.3 is 0 Å². The van der Waals surface area contributed by atoms with E-state index in [1.807, 2.05) is 18.2 Å². The van der Waals surface area contributed by atoms with E-state index >= 15 is 0 Å². The van der Waals surface area contributed by atoms with Gasteiger partial charge in [0.25, 0.3) is 5.91 Å². The molecule has 0 saturated heterocycles. The van der Waals surface area contributed by atoms with Crippen molar-refractivity contribution in [3.63, 3.8) is 0 Å². The predicted octanol–water partition coefficient (Wildman–Crippen LogP) is 2.85. The smallest absolute Gasteiger partial charge is 0.250 e. The second kappa shape index (κ2) is 5.29. The van der Waals surface area contributed by atoms with E-state index < -0.39 is 5.91 Å². The van der Waals surface area contributed by atoms with Gasteiger partial charge in [0.1, 0.15) is 11.3 Å². The molecule has 23 heavy (non-hydrogen) atoms. The minimum Gasteiger partial charge on any atom is -0.366 e. The van der Waals surface area contributed by atoms with E-state index in [0.717, 1.165) is 15.3 Å². The molecule has 4 aromatic rings. The number of nitrogens with zero attached hydrogens (tertiary/aromatic N) is 3. The van der Waals surface area contributed by atoms with Crippen LogP contribution in [-0.2, 0) is 0 Å². The third-order valence-corrected chi connectivity index (χ3v) is 4.49. The largest absolute Gasteiger partial charge is 0.366 e. The van der Waals surface area contributed by atoms with E-state index in [-0.39, 0.29) is 0 Å². The Kier molecular flexibility index (Phi) is 3.13. The highest BCUT2D eigenvalue weighted by molar-refractivity contribution is 7.18. The summed E-state index contributed by atoms with van der Waals surface area (Å²) in [6, 6.07) is 11.0. The van der Waals surface area contributed by atoms with Crippen molar-refractivity contribution in [2.45, 2.75) is 0 Å². The van der Waals surface area contributed by atoms with Gasteiger partial charge in [-0.25, -0.2) is 15.0 Å². The number of nitrogens with two attached hydrogens (primary N) is 1. The number of primary amides is 1. The molecule has 0 fully saturated rings. The fourth-order valence-corrected chi connectivity index (χ4v) is 3.26. The zero-order valence-corrected chi connectivity index (χ0v) is 12.7. The molecule has 0 radical (unpaired) electrons. The standard InChI is InChI=1S/C16H11N5OS/c17-14(22)9-3-1-4-10-13(9)21-16(20-10)12-6-5-11(23-12)15-18-7-2-8-19-15/h1-8H,(H2,17,22)(H,20,21). The van der Waals surface area contributed by atoms with Gasteiger partial charge < -0.3 is 10.7 Å². The third kappa shape index (κ3) is 2.36. The molecular formula is C16H11N5OS. The molecule has 4 rings (SSSR count). The van der Waals surface area contributed by atoms with Crippen LogP contribution in [0.3, 0.4) is 0 Å². The molecule has 7 heteroatoms. The van der Waals surface area contributed by atoms with Crippen LogP contribution in [0, 0.1) is 0 Å². The highest BCUT2D eigenvalue weighted by Crippen LogP contribution is 2.32. The van der Waals surface area contributed by atoms with Crippen molar-refractivity contribution >= 4 is 28.3 Å². The van der Waals surface area contributed by atoms with Gasteiger partial charge in [0.05, 0.1) is 20.8 Å². The maximum absolute atomic E-state index is 11.5. The summed E-state index contributed by atoms with van der Waals surface area (Å²) < 4.78 is 0. The van der Waals surface area contributed by atoms with E-state index in [2.05, 4.69) is 19.9 Å². The lowest BCUT2D eigenvalue weighted by atomic mass is 10.2. The zero-order chi connectivity index (χ0) is 15.8. The van der Waals surface area contributed by atoms with Gasteiger partial charge in [0, 0.05) is 12.4 Å². The van der Waals surface area contributed by atoms with Crippen LogP contribution in [0.4, 0.5) is 0 Å². The number of nitrogens with one attached hydrogen (secondary N) is 1. The first kappa shape index (κ1) is 13.6. The molecule has 0 atom stereocenters. The van der Waals surface area contributed by atoms with Crippen molar-refractivity contribution in [3.05, 3.63) is 54.4 Å². The Morgan fingerprint density at radius 1 is 1.04 bits per heavy atom. The van der Waals surface area contributed by atoms with Gasteiger partial charge in [0.15, 0.2) is 5.82 Å². The van der Waals surface area contributed by atoms with Crippen molar-refractivity contribution in [2.75, 3.05) is 0 Å². The topological polar surface area (TPSA) is 97.6 Å². The molecule has 1 aromatic carbocycles. The first-order valence-corrected chi connectivity index (χ1v) is 7.70. The van der Waals surface area contributed by atoms with Crippen LogP contribution in [0.25, 0.3) is 32.4 Å². The minimum atomic E-state index is -0.488. The summed E-state index contributed by atoms with van der Waals surface area (Å²) in [4.78, 5) is 29.6. The number of imidazole rings is 1. The van der Waals surface area contributed by atoms with Gasteiger partial charge in [-0.2, -0.15) is 0 Å². The highest BCUT2D eigenvalue weighted by atomic mass is 32.1. The molecule has 0 aliphatic heterocycles. The Balaban J connectivity index is 1.80. The number of rotatable bonds is 3. The normalized spacial score (nSPS) is 11.0. The number of hydrogen-bond acceptors (Lipinski definition) is 5. The van der Waals surface area contributed by atoms with Crippen LogP contribution in [0.15, 0.2) is 48.8 Å². The number of benzene rings is 1. The number of carbonyl (C=O) groups excluding carboxylic acids is 1. The van der Waals surface area contributed by atoms with E-state index in [1.54, 1.807) is 30.6 Å². The molecule has 3 aromatic heterocycles. The highest BCUT2D eigenvalue weighted by Gasteiger charge is 2.14. The van der Waals surface area contributed by atoms with E-state index in [1.165, 1.54) is 11.3 Å². The van der Waals surface area contributed by atoms with E-state index in [4.69, 9.17) is 5.73 Å². The average molecular weight is 321 g/mol. The lowest BCUT2D eigenvalue weighted by molar-refractivity contribution is 0.100. The number of hydrogen-bond donors (Lipinski definition) is 2. The van der Waals surface area contributed by atoms with Crippen LogP contribution in [0.1, 0.15) is 10.4 Å². The molecule has 0 aliphatic carbocycles. The maximum atomic E-state index is 11.5. The average Bonchev–Trinajstić information content (AvgIpc) is 3.21. The van der Waals surface area contributed by atoms with Crippen LogP contribution >= 0.6 is 11.3 Å². The summed E-state index contributed by atoms with van der Waals surface area (Å²) >= 11 is 1.53. The Labute approximate surface area is 135 Å². The maximum Gasteiger partial charge on any atom is 0.250 e. The van der Waals surface area contributed by atoms with Gasteiger partial charge in [0.2, 0.25) is 0 Å². The predicted molar refractivity (Wildman–Crippen MR) is 89.0 cm³/mol. The molecule has 0 saturated carbocycles.